The summed E-state index contributed by atoms with van der Waals surface area (Å²) >= 11 is 0. The Morgan fingerprint density at radius 2 is 2.11 bits per heavy atom. The van der Waals surface area contributed by atoms with Crippen LogP contribution in [0.1, 0.15) is 5.82 Å². The van der Waals surface area contributed by atoms with Gasteiger partial charge in [0.05, 0.1) is 12.2 Å². The number of benzene rings is 1. The van der Waals surface area contributed by atoms with Crippen LogP contribution in [0.4, 0.5) is 0 Å². The molecular weight excluding hydrogens is 226 g/mol. The van der Waals surface area contributed by atoms with Gasteiger partial charge >= 0.3 is 0 Å². The van der Waals surface area contributed by atoms with Crippen molar-refractivity contribution in [2.75, 3.05) is 7.05 Å². The Morgan fingerprint density at radius 3 is 3.00 bits per heavy atom. The van der Waals surface area contributed by atoms with Crippen LogP contribution >= 0.6 is 0 Å². The van der Waals surface area contributed by atoms with Gasteiger partial charge in [-0.15, -0.1) is 0 Å². The molecule has 0 radical (unpaired) electrons. The highest BCUT2D eigenvalue weighted by molar-refractivity contribution is 5.92. The standard InChI is InChI=1S/C14H13N3O/c1-15-8-14-16-7-6-12(17-14)11-9-18-13-5-3-2-4-10(11)13/h2-7,9,15H,8H2,1H3. The molecule has 1 aromatic carbocycles. The summed E-state index contributed by atoms with van der Waals surface area (Å²) in [6.07, 6.45) is 3.52. The maximum absolute atomic E-state index is 5.53. The Morgan fingerprint density at radius 1 is 1.22 bits per heavy atom. The Labute approximate surface area is 105 Å². The summed E-state index contributed by atoms with van der Waals surface area (Å²) in [4.78, 5) is 8.74. The van der Waals surface area contributed by atoms with Gasteiger partial charge in [0.1, 0.15) is 17.7 Å². The van der Waals surface area contributed by atoms with Crippen molar-refractivity contribution in [3.63, 3.8) is 0 Å². The average molecular weight is 239 g/mol. The zero-order chi connectivity index (χ0) is 12.4. The zero-order valence-electron chi connectivity index (χ0n) is 10.1. The third-order valence-corrected chi connectivity index (χ3v) is 2.80. The Balaban J connectivity index is 2.11. The van der Waals surface area contributed by atoms with Crippen molar-refractivity contribution in [3.8, 4) is 11.3 Å². The van der Waals surface area contributed by atoms with Gasteiger partial charge in [-0.1, -0.05) is 18.2 Å². The van der Waals surface area contributed by atoms with E-state index in [1.807, 2.05) is 37.4 Å². The van der Waals surface area contributed by atoms with E-state index in [0.29, 0.717) is 6.54 Å². The van der Waals surface area contributed by atoms with Crippen molar-refractivity contribution in [1.82, 2.24) is 15.3 Å². The predicted octanol–water partition coefficient (Wildman–Crippen LogP) is 2.61. The fourth-order valence-electron chi connectivity index (χ4n) is 1.97. The fourth-order valence-corrected chi connectivity index (χ4v) is 1.97. The number of hydrogen-bond donors (Lipinski definition) is 1. The molecule has 4 nitrogen and oxygen atoms in total. The lowest BCUT2D eigenvalue weighted by Gasteiger charge is -2.01. The summed E-state index contributed by atoms with van der Waals surface area (Å²) in [5.41, 5.74) is 2.77. The Kier molecular flexibility index (Phi) is 2.78. The highest BCUT2D eigenvalue weighted by Crippen LogP contribution is 2.28. The van der Waals surface area contributed by atoms with E-state index >= 15 is 0 Å². The highest BCUT2D eigenvalue weighted by atomic mass is 16.3. The fraction of sp³-hybridized carbons (Fsp3) is 0.143. The molecule has 0 aliphatic carbocycles. The molecule has 0 amide bonds. The first-order valence-corrected chi connectivity index (χ1v) is 5.81. The van der Waals surface area contributed by atoms with Crippen LogP contribution in [0.25, 0.3) is 22.2 Å². The molecule has 3 aromatic rings. The van der Waals surface area contributed by atoms with Crippen LogP contribution in [-0.4, -0.2) is 17.0 Å². The molecule has 0 unspecified atom stereocenters. The molecule has 0 spiro atoms. The number of furan rings is 1. The zero-order valence-corrected chi connectivity index (χ0v) is 10.1. The van der Waals surface area contributed by atoms with Crippen molar-refractivity contribution in [2.45, 2.75) is 6.54 Å². The predicted molar refractivity (Wildman–Crippen MR) is 70.0 cm³/mol. The number of nitrogens with one attached hydrogen (secondary N) is 1. The number of fused-ring (bicyclic) bond motifs is 1. The minimum Gasteiger partial charge on any atom is -0.464 e. The average Bonchev–Trinajstić information content (AvgIpc) is 2.83. The molecule has 2 aromatic heterocycles. The van der Waals surface area contributed by atoms with E-state index in [1.165, 1.54) is 0 Å². The topological polar surface area (TPSA) is 51.0 Å². The summed E-state index contributed by atoms with van der Waals surface area (Å²) in [6, 6.07) is 9.85. The molecule has 90 valence electrons. The summed E-state index contributed by atoms with van der Waals surface area (Å²) in [5, 5.41) is 4.12. The molecule has 0 saturated carbocycles. The Bertz CT molecular complexity index is 675. The summed E-state index contributed by atoms with van der Waals surface area (Å²) < 4.78 is 5.53. The normalized spacial score (nSPS) is 10.9. The number of nitrogens with zero attached hydrogens (tertiary/aromatic N) is 2. The monoisotopic (exact) mass is 239 g/mol. The van der Waals surface area contributed by atoms with E-state index in [-0.39, 0.29) is 0 Å². The first-order chi connectivity index (χ1) is 8.88. The highest BCUT2D eigenvalue weighted by Gasteiger charge is 2.09. The SMILES string of the molecule is CNCc1nccc(-c2coc3ccccc23)n1. The number of hydrogen-bond acceptors (Lipinski definition) is 4. The third kappa shape index (κ3) is 1.87. The first-order valence-electron chi connectivity index (χ1n) is 5.81. The van der Waals surface area contributed by atoms with Crippen LogP contribution in [0.5, 0.6) is 0 Å². The van der Waals surface area contributed by atoms with E-state index < -0.39 is 0 Å². The van der Waals surface area contributed by atoms with Gasteiger partial charge in [-0.3, -0.25) is 0 Å². The van der Waals surface area contributed by atoms with Gasteiger partial charge in [0.2, 0.25) is 0 Å². The van der Waals surface area contributed by atoms with Gasteiger partial charge in [-0.25, -0.2) is 9.97 Å². The molecule has 0 aliphatic rings. The van der Waals surface area contributed by atoms with Crippen molar-refractivity contribution in [3.05, 3.63) is 48.6 Å². The summed E-state index contributed by atoms with van der Waals surface area (Å²) in [6.45, 7) is 0.656. The van der Waals surface area contributed by atoms with Gasteiger partial charge < -0.3 is 9.73 Å². The van der Waals surface area contributed by atoms with Gasteiger partial charge in [0, 0.05) is 17.1 Å². The molecule has 4 heteroatoms. The minimum atomic E-state index is 0.656. The molecule has 0 fully saturated rings. The largest absolute Gasteiger partial charge is 0.464 e. The van der Waals surface area contributed by atoms with Gasteiger partial charge in [0.25, 0.3) is 0 Å². The van der Waals surface area contributed by atoms with Crippen molar-refractivity contribution >= 4 is 11.0 Å². The van der Waals surface area contributed by atoms with E-state index in [1.54, 1.807) is 12.5 Å². The quantitative estimate of drug-likeness (QED) is 0.763. The molecule has 1 N–H and O–H groups in total. The van der Waals surface area contributed by atoms with Gasteiger partial charge in [0.15, 0.2) is 0 Å². The van der Waals surface area contributed by atoms with Gasteiger partial charge in [-0.2, -0.15) is 0 Å². The molecule has 0 bridgehead atoms. The molecule has 3 rings (SSSR count). The lowest BCUT2D eigenvalue weighted by Crippen LogP contribution is -2.08. The molecule has 0 saturated heterocycles. The van der Waals surface area contributed by atoms with Crippen molar-refractivity contribution < 1.29 is 4.42 Å². The maximum atomic E-state index is 5.53. The van der Waals surface area contributed by atoms with Crippen LogP contribution in [-0.2, 0) is 6.54 Å². The second kappa shape index (κ2) is 4.58. The smallest absolute Gasteiger partial charge is 0.142 e. The third-order valence-electron chi connectivity index (χ3n) is 2.80. The van der Waals surface area contributed by atoms with E-state index in [0.717, 1.165) is 28.1 Å². The minimum absolute atomic E-state index is 0.656. The van der Waals surface area contributed by atoms with Crippen LogP contribution in [0.15, 0.2) is 47.2 Å². The van der Waals surface area contributed by atoms with E-state index in [4.69, 9.17) is 4.42 Å². The molecule has 0 atom stereocenters. The van der Waals surface area contributed by atoms with Crippen LogP contribution in [0.3, 0.4) is 0 Å². The number of para-hydroxylation sites is 1. The maximum Gasteiger partial charge on any atom is 0.142 e. The van der Waals surface area contributed by atoms with Gasteiger partial charge in [-0.05, 0) is 19.2 Å². The lowest BCUT2D eigenvalue weighted by molar-refractivity contribution is 0.616. The second-order valence-corrected chi connectivity index (χ2v) is 4.03. The van der Waals surface area contributed by atoms with E-state index in [2.05, 4.69) is 15.3 Å². The Hall–Kier alpha value is -2.20. The van der Waals surface area contributed by atoms with Crippen molar-refractivity contribution in [2.24, 2.45) is 0 Å². The van der Waals surface area contributed by atoms with Crippen LogP contribution in [0.2, 0.25) is 0 Å². The van der Waals surface area contributed by atoms with Crippen LogP contribution < -0.4 is 5.32 Å². The van der Waals surface area contributed by atoms with Crippen LogP contribution in [0, 0.1) is 0 Å². The number of rotatable bonds is 3. The summed E-state index contributed by atoms with van der Waals surface area (Å²) in [5.74, 6) is 0.778. The molecule has 18 heavy (non-hydrogen) atoms. The molecular formula is C14H13N3O. The first kappa shape index (κ1) is 10.9. The van der Waals surface area contributed by atoms with Crippen molar-refractivity contribution in [1.29, 1.82) is 0 Å². The molecule has 2 heterocycles. The summed E-state index contributed by atoms with van der Waals surface area (Å²) in [7, 11) is 1.88. The second-order valence-electron chi connectivity index (χ2n) is 4.03. The van der Waals surface area contributed by atoms with E-state index in [9.17, 15) is 0 Å². The lowest BCUT2D eigenvalue weighted by atomic mass is 10.1. The molecule has 0 aliphatic heterocycles. The number of aromatic nitrogens is 2.